The maximum atomic E-state index is 10.8. The lowest BCUT2D eigenvalue weighted by Gasteiger charge is -2.06. The minimum atomic E-state index is -0.653. The third kappa shape index (κ3) is 3.06. The van der Waals surface area contributed by atoms with E-state index in [2.05, 4.69) is 15.4 Å². The molecule has 0 aliphatic rings. The molecular weight excluding hydrogens is 274 g/mol. The van der Waals surface area contributed by atoms with Crippen LogP contribution in [0.25, 0.3) is 0 Å². The summed E-state index contributed by atoms with van der Waals surface area (Å²) in [6, 6.07) is 6.39. The number of nitrogens with two attached hydrogens (primary N) is 1. The highest BCUT2D eigenvalue weighted by Gasteiger charge is 2.19. The van der Waals surface area contributed by atoms with Gasteiger partial charge in [0.05, 0.1) is 4.92 Å². The molecule has 98 valence electrons. The van der Waals surface area contributed by atoms with Crippen molar-refractivity contribution < 1.29 is 9.66 Å². The van der Waals surface area contributed by atoms with Crippen molar-refractivity contribution in [3.63, 3.8) is 0 Å². The van der Waals surface area contributed by atoms with Crippen molar-refractivity contribution in [3.05, 3.63) is 45.6 Å². The molecule has 2 rings (SSSR count). The Hall–Kier alpha value is -2.45. The van der Waals surface area contributed by atoms with Crippen LogP contribution >= 0.6 is 11.6 Å². The number of rotatable bonds is 4. The van der Waals surface area contributed by atoms with Gasteiger partial charge in [0.15, 0.2) is 0 Å². The Balaban J connectivity index is 2.39. The minimum Gasteiger partial charge on any atom is -0.434 e. The van der Waals surface area contributed by atoms with Gasteiger partial charge in [0.1, 0.15) is 11.9 Å². The SMILES string of the molecule is NNc1ncc([N+](=O)[O-])c(Oc2cccc(Cl)c2)n1. The first-order valence-electron chi connectivity index (χ1n) is 5.01. The van der Waals surface area contributed by atoms with Crippen LogP contribution < -0.4 is 16.0 Å². The normalized spacial score (nSPS) is 10.0. The van der Waals surface area contributed by atoms with E-state index < -0.39 is 4.92 Å². The number of nitro groups is 1. The molecule has 8 nitrogen and oxygen atoms in total. The van der Waals surface area contributed by atoms with Gasteiger partial charge in [-0.1, -0.05) is 17.7 Å². The van der Waals surface area contributed by atoms with Gasteiger partial charge in [-0.05, 0) is 18.2 Å². The summed E-state index contributed by atoms with van der Waals surface area (Å²) in [4.78, 5) is 17.6. The lowest BCUT2D eigenvalue weighted by atomic mass is 10.3. The fourth-order valence-corrected chi connectivity index (χ4v) is 1.45. The van der Waals surface area contributed by atoms with Gasteiger partial charge in [-0.15, -0.1) is 0 Å². The molecule has 1 heterocycles. The second kappa shape index (κ2) is 5.46. The Morgan fingerprint density at radius 2 is 2.26 bits per heavy atom. The van der Waals surface area contributed by atoms with E-state index in [0.717, 1.165) is 6.20 Å². The number of anilines is 1. The average molecular weight is 282 g/mol. The largest absolute Gasteiger partial charge is 0.434 e. The van der Waals surface area contributed by atoms with Gasteiger partial charge in [-0.2, -0.15) is 4.98 Å². The van der Waals surface area contributed by atoms with E-state index in [-0.39, 0.29) is 17.5 Å². The molecule has 9 heteroatoms. The predicted octanol–water partition coefficient (Wildman–Crippen LogP) is 2.12. The van der Waals surface area contributed by atoms with E-state index in [1.54, 1.807) is 18.2 Å². The van der Waals surface area contributed by atoms with Gasteiger partial charge in [-0.25, -0.2) is 10.8 Å². The lowest BCUT2D eigenvalue weighted by Crippen LogP contribution is -2.11. The second-order valence-corrected chi connectivity index (χ2v) is 3.78. The van der Waals surface area contributed by atoms with Gasteiger partial charge >= 0.3 is 11.6 Å². The molecule has 19 heavy (non-hydrogen) atoms. The van der Waals surface area contributed by atoms with Crippen LogP contribution in [0.2, 0.25) is 5.02 Å². The van der Waals surface area contributed by atoms with Crippen molar-refractivity contribution >= 4 is 23.2 Å². The fourth-order valence-electron chi connectivity index (χ4n) is 1.27. The Morgan fingerprint density at radius 3 is 2.89 bits per heavy atom. The molecule has 2 aromatic rings. The number of halogens is 1. The molecule has 0 bridgehead atoms. The predicted molar refractivity (Wildman–Crippen MR) is 68.0 cm³/mol. The highest BCUT2D eigenvalue weighted by Crippen LogP contribution is 2.30. The number of nitrogen functional groups attached to an aromatic ring is 1. The third-order valence-electron chi connectivity index (χ3n) is 2.07. The number of hydrazine groups is 1. The van der Waals surface area contributed by atoms with Crippen molar-refractivity contribution in [3.8, 4) is 11.6 Å². The second-order valence-electron chi connectivity index (χ2n) is 3.34. The van der Waals surface area contributed by atoms with Gasteiger partial charge in [0.25, 0.3) is 0 Å². The summed E-state index contributed by atoms with van der Waals surface area (Å²) in [5.41, 5.74) is 1.80. The summed E-state index contributed by atoms with van der Waals surface area (Å²) in [5, 5.41) is 11.3. The quantitative estimate of drug-likeness (QED) is 0.501. The number of hydrogen-bond donors (Lipinski definition) is 2. The number of nitrogens with zero attached hydrogens (tertiary/aromatic N) is 3. The number of hydrogen-bond acceptors (Lipinski definition) is 7. The summed E-state index contributed by atoms with van der Waals surface area (Å²) in [6.07, 6.45) is 1.00. The molecule has 0 amide bonds. The first kappa shape index (κ1) is 13.0. The summed E-state index contributed by atoms with van der Waals surface area (Å²) in [5.74, 6) is 5.23. The molecule has 0 atom stereocenters. The van der Waals surface area contributed by atoms with Crippen LogP contribution in [0.1, 0.15) is 0 Å². The lowest BCUT2D eigenvalue weighted by molar-refractivity contribution is -0.386. The first-order chi connectivity index (χ1) is 9.10. The Morgan fingerprint density at radius 1 is 1.47 bits per heavy atom. The zero-order valence-corrected chi connectivity index (χ0v) is 10.2. The molecule has 3 N–H and O–H groups in total. The van der Waals surface area contributed by atoms with Crippen LogP contribution in [0.3, 0.4) is 0 Å². The zero-order chi connectivity index (χ0) is 13.8. The van der Waals surface area contributed by atoms with E-state index in [4.69, 9.17) is 22.2 Å². The van der Waals surface area contributed by atoms with E-state index in [1.165, 1.54) is 6.07 Å². The molecule has 0 fully saturated rings. The molecule has 0 radical (unpaired) electrons. The van der Waals surface area contributed by atoms with Crippen molar-refractivity contribution in [2.24, 2.45) is 5.84 Å². The van der Waals surface area contributed by atoms with E-state index in [1.807, 2.05) is 0 Å². The topological polar surface area (TPSA) is 116 Å². The van der Waals surface area contributed by atoms with Crippen LogP contribution in [0.5, 0.6) is 11.6 Å². The van der Waals surface area contributed by atoms with Crippen molar-refractivity contribution in [1.29, 1.82) is 0 Å². The highest BCUT2D eigenvalue weighted by atomic mass is 35.5. The Labute approximate surface area is 112 Å². The molecule has 0 saturated carbocycles. The molecule has 0 aliphatic carbocycles. The van der Waals surface area contributed by atoms with E-state index in [9.17, 15) is 10.1 Å². The Kier molecular flexibility index (Phi) is 3.74. The van der Waals surface area contributed by atoms with E-state index >= 15 is 0 Å². The molecule has 1 aromatic heterocycles. The van der Waals surface area contributed by atoms with Crippen LogP contribution in [0.4, 0.5) is 11.6 Å². The van der Waals surface area contributed by atoms with Crippen molar-refractivity contribution in [2.75, 3.05) is 5.43 Å². The van der Waals surface area contributed by atoms with Crippen LogP contribution in [-0.4, -0.2) is 14.9 Å². The molecule has 0 unspecified atom stereocenters. The Bertz CT molecular complexity index is 622. The zero-order valence-electron chi connectivity index (χ0n) is 9.41. The number of nitrogens with one attached hydrogen (secondary N) is 1. The van der Waals surface area contributed by atoms with Crippen molar-refractivity contribution in [1.82, 2.24) is 9.97 Å². The van der Waals surface area contributed by atoms with Crippen molar-refractivity contribution in [2.45, 2.75) is 0 Å². The molecule has 0 saturated heterocycles. The summed E-state index contributed by atoms with van der Waals surface area (Å²) in [6.45, 7) is 0. The monoisotopic (exact) mass is 281 g/mol. The minimum absolute atomic E-state index is 0.00243. The fraction of sp³-hybridized carbons (Fsp3) is 0. The van der Waals surface area contributed by atoms with Gasteiger partial charge < -0.3 is 4.74 Å². The standard InChI is InChI=1S/C10H8ClN5O3/c11-6-2-1-3-7(4-6)19-9-8(16(17)18)5-13-10(14-9)15-12/h1-5H,12H2,(H,13,14,15). The molecule has 0 spiro atoms. The van der Waals surface area contributed by atoms with Gasteiger partial charge in [-0.3, -0.25) is 15.5 Å². The van der Waals surface area contributed by atoms with Crippen LogP contribution in [0.15, 0.2) is 30.5 Å². The van der Waals surface area contributed by atoms with Crippen LogP contribution in [-0.2, 0) is 0 Å². The van der Waals surface area contributed by atoms with Gasteiger partial charge in [0.2, 0.25) is 5.95 Å². The highest BCUT2D eigenvalue weighted by molar-refractivity contribution is 6.30. The summed E-state index contributed by atoms with van der Waals surface area (Å²) < 4.78 is 5.32. The molecule has 0 aliphatic heterocycles. The molecule has 1 aromatic carbocycles. The first-order valence-corrected chi connectivity index (χ1v) is 5.39. The number of ether oxygens (including phenoxy) is 1. The average Bonchev–Trinajstić information content (AvgIpc) is 2.38. The molecular formula is C10H8ClN5O3. The van der Waals surface area contributed by atoms with Gasteiger partial charge in [0, 0.05) is 5.02 Å². The smallest absolute Gasteiger partial charge is 0.349 e. The van der Waals surface area contributed by atoms with E-state index in [0.29, 0.717) is 10.8 Å². The number of aromatic nitrogens is 2. The van der Waals surface area contributed by atoms with Crippen LogP contribution in [0, 0.1) is 10.1 Å². The maximum Gasteiger partial charge on any atom is 0.349 e. The maximum absolute atomic E-state index is 10.8. The number of benzene rings is 1. The summed E-state index contributed by atoms with van der Waals surface area (Å²) >= 11 is 5.79. The summed E-state index contributed by atoms with van der Waals surface area (Å²) in [7, 11) is 0. The third-order valence-corrected chi connectivity index (χ3v) is 2.31.